The van der Waals surface area contributed by atoms with Gasteiger partial charge in [0, 0.05) is 42.0 Å². The van der Waals surface area contributed by atoms with Crippen molar-refractivity contribution in [3.63, 3.8) is 0 Å². The van der Waals surface area contributed by atoms with E-state index < -0.39 is 11.0 Å². The lowest BCUT2D eigenvalue weighted by molar-refractivity contribution is -0.174. The largest absolute Gasteiger partial charge is 0.504 e. The summed E-state index contributed by atoms with van der Waals surface area (Å²) >= 11 is 0. The van der Waals surface area contributed by atoms with E-state index in [-0.39, 0.29) is 17.9 Å². The third-order valence-electron chi connectivity index (χ3n) is 8.54. The lowest BCUT2D eigenvalue weighted by atomic mass is 9.49. The van der Waals surface area contributed by atoms with Gasteiger partial charge in [0.1, 0.15) is 5.52 Å². The Bertz CT molecular complexity index is 1270. The minimum atomic E-state index is -0.968. The molecule has 3 aromatic rings. The second kappa shape index (κ2) is 4.81. The van der Waals surface area contributed by atoms with Crippen molar-refractivity contribution in [2.45, 2.75) is 61.3 Å². The topological polar surface area (TPSA) is 94.5 Å². The number of aliphatic hydroxyl groups is 1. The van der Waals surface area contributed by atoms with Crippen LogP contribution >= 0.6 is 0 Å². The summed E-state index contributed by atoms with van der Waals surface area (Å²) in [5.41, 5.74) is 4.25. The van der Waals surface area contributed by atoms with E-state index >= 15 is 0 Å². The SMILES string of the molecule is Oc1ccc2c3c1OC1c4[nH]c5nccnc5c4C[C@@]4(O)C(C2)N(C2CC2)CC[C@]314. The van der Waals surface area contributed by atoms with Crippen LogP contribution < -0.4 is 4.74 Å². The van der Waals surface area contributed by atoms with E-state index in [0.717, 1.165) is 47.4 Å². The second-order valence-corrected chi connectivity index (χ2v) is 9.73. The first-order chi connectivity index (χ1) is 14.6. The van der Waals surface area contributed by atoms with Gasteiger partial charge in [0.25, 0.3) is 0 Å². The molecule has 7 nitrogen and oxygen atoms in total. The fourth-order valence-electron chi connectivity index (χ4n) is 7.26. The van der Waals surface area contributed by atoms with Crippen LogP contribution in [0.15, 0.2) is 24.5 Å². The minimum absolute atomic E-state index is 0.0441. The molecule has 7 heteroatoms. The fourth-order valence-corrected chi connectivity index (χ4v) is 7.26. The first-order valence-corrected chi connectivity index (χ1v) is 10.9. The van der Waals surface area contributed by atoms with Crippen molar-refractivity contribution in [1.82, 2.24) is 19.9 Å². The van der Waals surface area contributed by atoms with E-state index in [1.807, 2.05) is 6.07 Å². The van der Waals surface area contributed by atoms with E-state index in [0.29, 0.717) is 18.2 Å². The van der Waals surface area contributed by atoms with Gasteiger partial charge in [-0.3, -0.25) is 9.88 Å². The Balaban J connectivity index is 1.47. The van der Waals surface area contributed by atoms with E-state index in [9.17, 15) is 10.2 Å². The third-order valence-corrected chi connectivity index (χ3v) is 8.54. The lowest BCUT2D eigenvalue weighted by Crippen LogP contribution is -2.74. The van der Waals surface area contributed by atoms with Crippen LogP contribution in [0.1, 0.15) is 47.8 Å². The van der Waals surface area contributed by atoms with Crippen LogP contribution in [-0.4, -0.2) is 54.3 Å². The Morgan fingerprint density at radius 3 is 2.93 bits per heavy atom. The van der Waals surface area contributed by atoms with Crippen LogP contribution in [0.4, 0.5) is 0 Å². The summed E-state index contributed by atoms with van der Waals surface area (Å²) in [6.07, 6.45) is 7.60. The summed E-state index contributed by atoms with van der Waals surface area (Å²) in [5.74, 6) is 0.721. The zero-order valence-corrected chi connectivity index (χ0v) is 16.4. The highest BCUT2D eigenvalue weighted by atomic mass is 16.5. The van der Waals surface area contributed by atoms with Crippen LogP contribution in [0.3, 0.4) is 0 Å². The van der Waals surface area contributed by atoms with Gasteiger partial charge in [-0.15, -0.1) is 0 Å². The molecule has 1 saturated carbocycles. The molecule has 5 aliphatic rings. The average Bonchev–Trinajstić information content (AvgIpc) is 3.42. The lowest BCUT2D eigenvalue weighted by Gasteiger charge is -2.62. The number of nitrogens with zero attached hydrogens (tertiary/aromatic N) is 3. The van der Waals surface area contributed by atoms with Gasteiger partial charge in [-0.25, -0.2) is 4.98 Å². The number of fused-ring (bicyclic) bond motifs is 4. The van der Waals surface area contributed by atoms with Gasteiger partial charge in [0.05, 0.1) is 16.7 Å². The molecule has 4 atom stereocenters. The van der Waals surface area contributed by atoms with Crippen molar-refractivity contribution in [3.05, 3.63) is 46.9 Å². The van der Waals surface area contributed by atoms with Crippen LogP contribution in [0.2, 0.25) is 0 Å². The number of aromatic hydroxyl groups is 1. The number of likely N-dealkylation sites (tertiary alicyclic amines) is 1. The number of aromatic nitrogens is 3. The van der Waals surface area contributed by atoms with Gasteiger partial charge in [-0.2, -0.15) is 0 Å². The van der Waals surface area contributed by atoms with Crippen molar-refractivity contribution in [3.8, 4) is 11.5 Å². The minimum Gasteiger partial charge on any atom is -0.504 e. The summed E-state index contributed by atoms with van der Waals surface area (Å²) in [6, 6.07) is 4.41. The van der Waals surface area contributed by atoms with E-state index in [2.05, 4.69) is 19.9 Å². The molecule has 2 aliphatic heterocycles. The molecular formula is C23H22N4O3. The van der Waals surface area contributed by atoms with Crippen molar-refractivity contribution in [2.24, 2.45) is 0 Å². The molecule has 3 N–H and O–H groups in total. The van der Waals surface area contributed by atoms with Gasteiger partial charge in [-0.1, -0.05) is 6.07 Å². The monoisotopic (exact) mass is 402 g/mol. The first kappa shape index (κ1) is 16.1. The molecule has 3 aliphatic carbocycles. The number of nitrogens with one attached hydrogen (secondary N) is 1. The van der Waals surface area contributed by atoms with Crippen LogP contribution in [-0.2, 0) is 18.3 Å². The number of piperidine rings is 1. The highest BCUT2D eigenvalue weighted by molar-refractivity contribution is 5.79. The quantitative estimate of drug-likeness (QED) is 0.577. The summed E-state index contributed by atoms with van der Waals surface area (Å²) in [4.78, 5) is 15.1. The molecule has 30 heavy (non-hydrogen) atoms. The van der Waals surface area contributed by atoms with Crippen LogP contribution in [0, 0.1) is 0 Å². The molecule has 2 aromatic heterocycles. The first-order valence-electron chi connectivity index (χ1n) is 10.9. The number of benzene rings is 1. The summed E-state index contributed by atoms with van der Waals surface area (Å²) in [6.45, 7) is 0.956. The molecule has 0 amide bonds. The molecule has 1 saturated heterocycles. The molecular weight excluding hydrogens is 380 g/mol. The maximum atomic E-state index is 12.6. The zero-order chi connectivity index (χ0) is 19.8. The summed E-state index contributed by atoms with van der Waals surface area (Å²) < 4.78 is 6.53. The highest BCUT2D eigenvalue weighted by Crippen LogP contribution is 2.69. The van der Waals surface area contributed by atoms with E-state index in [1.54, 1.807) is 18.5 Å². The Kier molecular flexibility index (Phi) is 2.58. The molecule has 152 valence electrons. The summed E-state index contributed by atoms with van der Waals surface area (Å²) in [5, 5.41) is 23.3. The van der Waals surface area contributed by atoms with Crippen LogP contribution in [0.25, 0.3) is 11.2 Å². The number of hydrogen-bond donors (Lipinski definition) is 3. The normalized spacial score (nSPS) is 35.8. The molecule has 0 radical (unpaired) electrons. The van der Waals surface area contributed by atoms with Gasteiger partial charge in [0.2, 0.25) is 0 Å². The smallest absolute Gasteiger partial charge is 0.166 e. The Morgan fingerprint density at radius 1 is 1.20 bits per heavy atom. The standard InChI is InChI=1S/C23H22N4O3/c28-14-4-1-11-9-15-23(29)10-13-17(26-21-18(13)24-6-7-25-21)20-22(23,16(11)19(14)30-20)5-8-27(15)12-2-3-12/h1,4,6-7,12,15,20,28-29H,2-3,5,8-10H2,(H,25,26)/t15?,20?,22-,23+/m0/s1. The van der Waals surface area contributed by atoms with Gasteiger partial charge in [-0.05, 0) is 43.9 Å². The molecule has 2 fully saturated rings. The third kappa shape index (κ3) is 1.56. The zero-order valence-electron chi connectivity index (χ0n) is 16.4. The predicted molar refractivity (Wildman–Crippen MR) is 108 cm³/mol. The van der Waals surface area contributed by atoms with Crippen molar-refractivity contribution >= 4 is 11.2 Å². The van der Waals surface area contributed by atoms with E-state index in [1.165, 1.54) is 18.4 Å². The number of aromatic amines is 1. The molecule has 8 rings (SSSR count). The Hall–Kier alpha value is -2.64. The van der Waals surface area contributed by atoms with Crippen molar-refractivity contribution in [1.29, 1.82) is 0 Å². The molecule has 2 unspecified atom stereocenters. The number of phenols is 1. The van der Waals surface area contributed by atoms with Gasteiger partial charge < -0.3 is 19.9 Å². The number of hydrogen-bond acceptors (Lipinski definition) is 6. The predicted octanol–water partition coefficient (Wildman–Crippen LogP) is 2.11. The molecule has 2 bridgehead atoms. The Labute approximate surface area is 172 Å². The average molecular weight is 402 g/mol. The van der Waals surface area contributed by atoms with Gasteiger partial charge in [0.15, 0.2) is 23.3 Å². The second-order valence-electron chi connectivity index (χ2n) is 9.73. The van der Waals surface area contributed by atoms with Crippen molar-refractivity contribution < 1.29 is 14.9 Å². The maximum absolute atomic E-state index is 12.6. The fraction of sp³-hybridized carbons (Fsp3) is 0.478. The summed E-state index contributed by atoms with van der Waals surface area (Å²) in [7, 11) is 0. The Morgan fingerprint density at radius 2 is 2.07 bits per heavy atom. The molecule has 1 spiro atoms. The molecule has 1 aromatic carbocycles. The van der Waals surface area contributed by atoms with Crippen LogP contribution in [0.5, 0.6) is 11.5 Å². The number of rotatable bonds is 1. The molecule has 4 heterocycles. The highest BCUT2D eigenvalue weighted by Gasteiger charge is 2.73. The maximum Gasteiger partial charge on any atom is 0.166 e. The van der Waals surface area contributed by atoms with Crippen molar-refractivity contribution in [2.75, 3.05) is 6.54 Å². The number of H-pyrrole nitrogens is 1. The number of ether oxygens (including phenoxy) is 1. The van der Waals surface area contributed by atoms with Gasteiger partial charge >= 0.3 is 0 Å². The van der Waals surface area contributed by atoms with E-state index in [4.69, 9.17) is 4.74 Å². The number of phenolic OH excluding ortho intramolecular Hbond substituents is 1.